The number of rotatable bonds is 5. The third-order valence-corrected chi connectivity index (χ3v) is 6.88. The van der Waals surface area contributed by atoms with E-state index in [2.05, 4.69) is 32.3 Å². The molecule has 2 aromatic heterocycles. The molecule has 11 nitrogen and oxygen atoms in total. The van der Waals surface area contributed by atoms with Gasteiger partial charge < -0.3 is 29.9 Å². The lowest BCUT2D eigenvalue weighted by Crippen LogP contribution is -2.46. The van der Waals surface area contributed by atoms with Crippen LogP contribution in [-0.2, 0) is 9.47 Å². The van der Waals surface area contributed by atoms with Gasteiger partial charge in [0.2, 0.25) is 11.9 Å². The van der Waals surface area contributed by atoms with Gasteiger partial charge in [0.05, 0.1) is 43.3 Å². The van der Waals surface area contributed by atoms with Crippen LogP contribution in [0.3, 0.4) is 0 Å². The van der Waals surface area contributed by atoms with Gasteiger partial charge in [0.1, 0.15) is 0 Å². The van der Waals surface area contributed by atoms with Crippen molar-refractivity contribution in [2.45, 2.75) is 38.0 Å². The van der Waals surface area contributed by atoms with Crippen molar-refractivity contribution in [1.82, 2.24) is 19.9 Å². The molecule has 2 N–H and O–H groups in total. The van der Waals surface area contributed by atoms with Crippen molar-refractivity contribution in [3.8, 4) is 11.4 Å². The van der Waals surface area contributed by atoms with Gasteiger partial charge in [0.25, 0.3) is 0 Å². The first-order valence-electron chi connectivity index (χ1n) is 12.7. The number of nitrogens with zero attached hydrogens (tertiary/aromatic N) is 6. The average molecular weight is 503 g/mol. The van der Waals surface area contributed by atoms with Gasteiger partial charge in [-0.2, -0.15) is 15.0 Å². The van der Waals surface area contributed by atoms with Gasteiger partial charge in [-0.1, -0.05) is 0 Å². The maximum absolute atomic E-state index is 12.4. The van der Waals surface area contributed by atoms with Gasteiger partial charge in [-0.05, 0) is 56.2 Å². The van der Waals surface area contributed by atoms with E-state index in [-0.39, 0.29) is 24.3 Å². The zero-order chi connectivity index (χ0) is 25.2. The second kappa shape index (κ2) is 10.3. The normalized spacial score (nSPS) is 23.1. The van der Waals surface area contributed by atoms with Crippen molar-refractivity contribution >= 4 is 29.3 Å². The molecule has 3 aliphatic rings. The summed E-state index contributed by atoms with van der Waals surface area (Å²) in [7, 11) is 0. The highest BCUT2D eigenvalue weighted by molar-refractivity contribution is 5.99. The number of benzene rings is 1. The van der Waals surface area contributed by atoms with Crippen molar-refractivity contribution in [3.05, 3.63) is 48.8 Å². The zero-order valence-corrected chi connectivity index (χ0v) is 20.7. The van der Waals surface area contributed by atoms with E-state index in [4.69, 9.17) is 24.4 Å². The first kappa shape index (κ1) is 23.6. The van der Waals surface area contributed by atoms with E-state index in [1.54, 1.807) is 24.5 Å². The highest BCUT2D eigenvalue weighted by Gasteiger charge is 2.35. The molecule has 11 heteroatoms. The number of urea groups is 1. The predicted molar refractivity (Wildman–Crippen MR) is 140 cm³/mol. The number of nitrogens with one attached hydrogen (secondary N) is 2. The van der Waals surface area contributed by atoms with Gasteiger partial charge in [-0.3, -0.25) is 4.98 Å². The average Bonchev–Trinajstić information content (AvgIpc) is 3.26. The van der Waals surface area contributed by atoms with E-state index in [0.717, 1.165) is 38.0 Å². The largest absolute Gasteiger partial charge is 0.377 e. The van der Waals surface area contributed by atoms with E-state index < -0.39 is 0 Å². The number of amides is 2. The van der Waals surface area contributed by atoms with Crippen molar-refractivity contribution in [2.75, 3.05) is 53.3 Å². The summed E-state index contributed by atoms with van der Waals surface area (Å²) in [5.74, 6) is 1.94. The Balaban J connectivity index is 1.25. The Morgan fingerprint density at radius 3 is 2.46 bits per heavy atom. The Kier molecular flexibility index (Phi) is 6.54. The lowest BCUT2D eigenvalue weighted by atomic mass is 10.2. The number of carbonyl (C=O) groups is 1. The van der Waals surface area contributed by atoms with Crippen LogP contribution < -0.4 is 20.4 Å². The van der Waals surface area contributed by atoms with E-state index in [9.17, 15) is 4.79 Å². The van der Waals surface area contributed by atoms with Gasteiger partial charge in [0.15, 0.2) is 5.82 Å². The van der Waals surface area contributed by atoms with Crippen molar-refractivity contribution in [2.24, 2.45) is 0 Å². The second-order valence-corrected chi connectivity index (χ2v) is 9.64. The summed E-state index contributed by atoms with van der Waals surface area (Å²) in [6.07, 6.45) is 5.86. The fourth-order valence-electron chi connectivity index (χ4n) is 4.99. The van der Waals surface area contributed by atoms with Crippen LogP contribution in [0.1, 0.15) is 19.8 Å². The van der Waals surface area contributed by atoms with Crippen molar-refractivity contribution in [3.63, 3.8) is 0 Å². The molecule has 0 spiro atoms. The number of carbonyl (C=O) groups excluding carboxylic acids is 1. The number of ether oxygens (including phenoxy) is 2. The van der Waals surface area contributed by atoms with Gasteiger partial charge >= 0.3 is 6.03 Å². The molecule has 0 radical (unpaired) electrons. The maximum Gasteiger partial charge on any atom is 0.323 e. The Hall–Kier alpha value is -3.83. The topological polar surface area (TPSA) is 118 Å². The molecule has 3 saturated heterocycles. The molecule has 3 aliphatic heterocycles. The fraction of sp³-hybridized carbons (Fsp3) is 0.423. The Bertz CT molecular complexity index is 1230. The lowest BCUT2D eigenvalue weighted by molar-refractivity contribution is 0.0299. The molecular weight excluding hydrogens is 472 g/mol. The van der Waals surface area contributed by atoms with Crippen LogP contribution in [0.2, 0.25) is 0 Å². The molecular formula is C26H30N8O3. The van der Waals surface area contributed by atoms with Crippen LogP contribution in [-0.4, -0.2) is 77.1 Å². The standard InChI is InChI=1S/C26H30N8O3/c1-17-16-36-12-11-34(17)25-31-23(30-24(32-25)33-14-21-8-9-22(15-33)37-21)18-4-6-19(7-5-18)28-26(35)29-20-3-2-10-27-13-20/h2-7,10,13,17,21-22H,8-9,11-12,14-16H2,1H3,(H2,28,29,35). The predicted octanol–water partition coefficient (Wildman–Crippen LogP) is 3.17. The SMILES string of the molecule is CC1COCCN1c1nc(-c2ccc(NC(=O)Nc3cccnc3)cc2)nc(N2CC3CCC(C2)O3)n1. The van der Waals surface area contributed by atoms with Gasteiger partial charge in [-0.25, -0.2) is 4.79 Å². The fourth-order valence-corrected chi connectivity index (χ4v) is 4.99. The van der Waals surface area contributed by atoms with Crippen LogP contribution in [0.5, 0.6) is 0 Å². The monoisotopic (exact) mass is 502 g/mol. The number of hydrogen-bond acceptors (Lipinski definition) is 9. The number of fused-ring (bicyclic) bond motifs is 2. The summed E-state index contributed by atoms with van der Waals surface area (Å²) >= 11 is 0. The maximum atomic E-state index is 12.4. The molecule has 0 aliphatic carbocycles. The molecule has 192 valence electrons. The summed E-state index contributed by atoms with van der Waals surface area (Å²) < 4.78 is 11.7. The quantitative estimate of drug-likeness (QED) is 0.542. The lowest BCUT2D eigenvalue weighted by Gasteiger charge is -2.35. The number of morpholine rings is 2. The van der Waals surface area contributed by atoms with Crippen molar-refractivity contribution in [1.29, 1.82) is 0 Å². The van der Waals surface area contributed by atoms with E-state index in [1.165, 1.54) is 0 Å². The molecule has 3 fully saturated rings. The van der Waals surface area contributed by atoms with Crippen LogP contribution >= 0.6 is 0 Å². The number of hydrogen-bond donors (Lipinski definition) is 2. The third-order valence-electron chi connectivity index (χ3n) is 6.88. The molecule has 0 saturated carbocycles. The summed E-state index contributed by atoms with van der Waals surface area (Å²) in [6, 6.07) is 10.9. The minimum atomic E-state index is -0.339. The van der Waals surface area contributed by atoms with Crippen LogP contribution in [0.25, 0.3) is 11.4 Å². The van der Waals surface area contributed by atoms with Gasteiger partial charge in [0, 0.05) is 37.1 Å². The zero-order valence-electron chi connectivity index (χ0n) is 20.7. The molecule has 3 aromatic rings. The summed E-state index contributed by atoms with van der Waals surface area (Å²) in [4.78, 5) is 35.4. The Morgan fingerprint density at radius 2 is 1.73 bits per heavy atom. The summed E-state index contributed by atoms with van der Waals surface area (Å²) in [6.45, 7) is 5.70. The molecule has 1 aromatic carbocycles. The Morgan fingerprint density at radius 1 is 0.973 bits per heavy atom. The van der Waals surface area contributed by atoms with Crippen molar-refractivity contribution < 1.29 is 14.3 Å². The smallest absolute Gasteiger partial charge is 0.323 e. The second-order valence-electron chi connectivity index (χ2n) is 9.64. The van der Waals surface area contributed by atoms with E-state index in [0.29, 0.717) is 42.3 Å². The molecule has 3 unspecified atom stereocenters. The molecule has 37 heavy (non-hydrogen) atoms. The minimum absolute atomic E-state index is 0.169. The van der Waals surface area contributed by atoms with Crippen LogP contribution in [0, 0.1) is 0 Å². The molecule has 2 amide bonds. The number of aromatic nitrogens is 4. The number of pyridine rings is 1. The summed E-state index contributed by atoms with van der Waals surface area (Å²) in [5.41, 5.74) is 2.13. The highest BCUT2D eigenvalue weighted by atomic mass is 16.5. The summed E-state index contributed by atoms with van der Waals surface area (Å²) in [5, 5.41) is 5.61. The van der Waals surface area contributed by atoms with Crippen LogP contribution in [0.15, 0.2) is 48.8 Å². The molecule has 5 heterocycles. The minimum Gasteiger partial charge on any atom is -0.377 e. The molecule has 6 rings (SSSR count). The third kappa shape index (κ3) is 5.32. The number of anilines is 4. The van der Waals surface area contributed by atoms with Gasteiger partial charge in [-0.15, -0.1) is 0 Å². The van der Waals surface area contributed by atoms with E-state index in [1.807, 2.05) is 24.3 Å². The Labute approximate surface area is 215 Å². The van der Waals surface area contributed by atoms with E-state index >= 15 is 0 Å². The van der Waals surface area contributed by atoms with Crippen LogP contribution in [0.4, 0.5) is 28.1 Å². The highest BCUT2D eigenvalue weighted by Crippen LogP contribution is 2.30. The first-order chi connectivity index (χ1) is 18.1. The first-order valence-corrected chi connectivity index (χ1v) is 12.7. The molecule has 2 bridgehead atoms. The molecule has 3 atom stereocenters.